The Hall–Kier alpha value is -1.83. The standard InChI is InChI=1S/C13H14FN3O2S/c1-20(18,19)12-4-2-3-9(6-12)13(17-15)10-5-11(14)8-16-7-10/h2-8,13,17H,15H2,1H3. The molecule has 0 saturated heterocycles. The van der Waals surface area contributed by atoms with Crippen molar-refractivity contribution < 1.29 is 12.8 Å². The number of benzene rings is 1. The number of nitrogens with one attached hydrogen (secondary N) is 1. The number of hydrazine groups is 1. The Kier molecular flexibility index (Phi) is 4.12. The predicted octanol–water partition coefficient (Wildman–Crippen LogP) is 1.18. The first-order valence-electron chi connectivity index (χ1n) is 5.78. The molecule has 0 aliphatic heterocycles. The van der Waals surface area contributed by atoms with Crippen molar-refractivity contribution in [3.05, 3.63) is 59.7 Å². The monoisotopic (exact) mass is 295 g/mol. The minimum atomic E-state index is -3.32. The van der Waals surface area contributed by atoms with Crippen molar-refractivity contribution in [2.24, 2.45) is 5.84 Å². The summed E-state index contributed by atoms with van der Waals surface area (Å²) in [5, 5.41) is 0. The maximum atomic E-state index is 13.2. The van der Waals surface area contributed by atoms with Crippen LogP contribution >= 0.6 is 0 Å². The van der Waals surface area contributed by atoms with Crippen molar-refractivity contribution in [3.8, 4) is 0 Å². The van der Waals surface area contributed by atoms with Gasteiger partial charge in [-0.3, -0.25) is 10.8 Å². The summed E-state index contributed by atoms with van der Waals surface area (Å²) in [6.45, 7) is 0. The molecule has 0 amide bonds. The van der Waals surface area contributed by atoms with Crippen LogP contribution in [-0.4, -0.2) is 19.7 Å². The fourth-order valence-electron chi connectivity index (χ4n) is 1.90. The van der Waals surface area contributed by atoms with Gasteiger partial charge in [-0.2, -0.15) is 0 Å². The Morgan fingerprint density at radius 2 is 2.00 bits per heavy atom. The van der Waals surface area contributed by atoms with Crippen LogP contribution in [0.4, 0.5) is 4.39 Å². The number of nitrogens with two attached hydrogens (primary N) is 1. The highest BCUT2D eigenvalue weighted by Gasteiger charge is 2.16. The predicted molar refractivity (Wildman–Crippen MR) is 72.9 cm³/mol. The molecule has 0 aliphatic rings. The van der Waals surface area contributed by atoms with E-state index in [0.717, 1.165) is 12.5 Å². The van der Waals surface area contributed by atoms with E-state index in [1.54, 1.807) is 12.1 Å². The molecule has 1 aromatic carbocycles. The van der Waals surface area contributed by atoms with E-state index in [4.69, 9.17) is 5.84 Å². The number of rotatable bonds is 4. The number of pyridine rings is 1. The van der Waals surface area contributed by atoms with Crippen molar-refractivity contribution in [1.82, 2.24) is 10.4 Å². The lowest BCUT2D eigenvalue weighted by Crippen LogP contribution is -2.29. The largest absolute Gasteiger partial charge is 0.271 e. The van der Waals surface area contributed by atoms with Crippen molar-refractivity contribution in [2.75, 3.05) is 6.26 Å². The lowest BCUT2D eigenvalue weighted by Gasteiger charge is -2.17. The van der Waals surface area contributed by atoms with Crippen molar-refractivity contribution >= 4 is 9.84 Å². The Bertz CT molecular complexity index is 719. The van der Waals surface area contributed by atoms with Gasteiger partial charge in [0.1, 0.15) is 5.82 Å². The SMILES string of the molecule is CS(=O)(=O)c1cccc(C(NN)c2cncc(F)c2)c1. The highest BCUT2D eigenvalue weighted by Crippen LogP contribution is 2.23. The van der Waals surface area contributed by atoms with Crippen LogP contribution in [0.25, 0.3) is 0 Å². The van der Waals surface area contributed by atoms with E-state index in [1.165, 1.54) is 24.4 Å². The topological polar surface area (TPSA) is 85.1 Å². The number of hydrogen-bond acceptors (Lipinski definition) is 5. The molecule has 5 nitrogen and oxygen atoms in total. The fraction of sp³-hybridized carbons (Fsp3) is 0.154. The van der Waals surface area contributed by atoms with Gasteiger partial charge in [0.2, 0.25) is 0 Å². The van der Waals surface area contributed by atoms with Gasteiger partial charge in [-0.15, -0.1) is 0 Å². The lowest BCUT2D eigenvalue weighted by atomic mass is 10.0. The van der Waals surface area contributed by atoms with Crippen LogP contribution in [0.5, 0.6) is 0 Å². The minimum Gasteiger partial charge on any atom is -0.271 e. The Labute approximate surface area is 116 Å². The molecule has 3 N–H and O–H groups in total. The summed E-state index contributed by atoms with van der Waals surface area (Å²) in [5.74, 6) is 5.01. The average Bonchev–Trinajstić information content (AvgIpc) is 2.39. The van der Waals surface area contributed by atoms with Crippen LogP contribution in [0.2, 0.25) is 0 Å². The summed E-state index contributed by atoms with van der Waals surface area (Å²) in [4.78, 5) is 3.94. The summed E-state index contributed by atoms with van der Waals surface area (Å²) in [6, 6.07) is 7.08. The van der Waals surface area contributed by atoms with E-state index >= 15 is 0 Å². The Morgan fingerprint density at radius 3 is 2.60 bits per heavy atom. The van der Waals surface area contributed by atoms with E-state index < -0.39 is 21.7 Å². The highest BCUT2D eigenvalue weighted by atomic mass is 32.2. The molecular formula is C13H14FN3O2S. The molecule has 20 heavy (non-hydrogen) atoms. The van der Waals surface area contributed by atoms with Crippen molar-refractivity contribution in [2.45, 2.75) is 10.9 Å². The van der Waals surface area contributed by atoms with Gasteiger partial charge >= 0.3 is 0 Å². The van der Waals surface area contributed by atoms with E-state index in [-0.39, 0.29) is 4.90 Å². The molecule has 2 rings (SSSR count). The van der Waals surface area contributed by atoms with E-state index in [0.29, 0.717) is 11.1 Å². The molecule has 0 radical (unpaired) electrons. The van der Waals surface area contributed by atoms with Crippen LogP contribution < -0.4 is 11.3 Å². The van der Waals surface area contributed by atoms with Crippen LogP contribution in [-0.2, 0) is 9.84 Å². The smallest absolute Gasteiger partial charge is 0.175 e. The maximum Gasteiger partial charge on any atom is 0.175 e. The summed E-state index contributed by atoms with van der Waals surface area (Å²) in [6.07, 6.45) is 3.69. The summed E-state index contributed by atoms with van der Waals surface area (Å²) >= 11 is 0. The fourth-order valence-corrected chi connectivity index (χ4v) is 2.57. The second-order valence-electron chi connectivity index (χ2n) is 4.38. The molecule has 106 valence electrons. The zero-order valence-electron chi connectivity index (χ0n) is 10.7. The van der Waals surface area contributed by atoms with Crippen molar-refractivity contribution in [3.63, 3.8) is 0 Å². The number of halogens is 1. The van der Waals surface area contributed by atoms with Gasteiger partial charge in [0.05, 0.1) is 17.1 Å². The van der Waals surface area contributed by atoms with Crippen LogP contribution in [0.3, 0.4) is 0 Å². The quantitative estimate of drug-likeness (QED) is 0.653. The molecular weight excluding hydrogens is 281 g/mol. The number of aromatic nitrogens is 1. The third-order valence-electron chi connectivity index (χ3n) is 2.85. The van der Waals surface area contributed by atoms with E-state index in [9.17, 15) is 12.8 Å². The molecule has 1 unspecified atom stereocenters. The highest BCUT2D eigenvalue weighted by molar-refractivity contribution is 7.90. The van der Waals surface area contributed by atoms with Gasteiger partial charge in [-0.05, 0) is 29.3 Å². The molecule has 7 heteroatoms. The Balaban J connectivity index is 2.48. The van der Waals surface area contributed by atoms with Crippen molar-refractivity contribution in [1.29, 1.82) is 0 Å². The Morgan fingerprint density at radius 1 is 1.25 bits per heavy atom. The summed E-state index contributed by atoms with van der Waals surface area (Å²) < 4.78 is 36.3. The van der Waals surface area contributed by atoms with Gasteiger partial charge in [0, 0.05) is 12.5 Å². The third kappa shape index (κ3) is 3.19. The van der Waals surface area contributed by atoms with E-state index in [1.807, 2.05) is 0 Å². The first kappa shape index (κ1) is 14.6. The lowest BCUT2D eigenvalue weighted by molar-refractivity contribution is 0.594. The third-order valence-corrected chi connectivity index (χ3v) is 3.96. The van der Waals surface area contributed by atoms with Gasteiger partial charge in [0.15, 0.2) is 9.84 Å². The number of nitrogens with zero attached hydrogens (tertiary/aromatic N) is 1. The molecule has 0 aliphatic carbocycles. The molecule has 1 aromatic heterocycles. The molecule has 2 aromatic rings. The molecule has 0 saturated carbocycles. The van der Waals surface area contributed by atoms with Crippen LogP contribution in [0.15, 0.2) is 47.6 Å². The maximum absolute atomic E-state index is 13.2. The molecule has 0 fully saturated rings. The molecule has 0 bridgehead atoms. The van der Waals surface area contributed by atoms with Crippen LogP contribution in [0, 0.1) is 5.82 Å². The molecule has 1 atom stereocenters. The molecule has 0 spiro atoms. The van der Waals surface area contributed by atoms with Gasteiger partial charge in [-0.1, -0.05) is 12.1 Å². The number of hydrogen-bond donors (Lipinski definition) is 2. The van der Waals surface area contributed by atoms with Crippen LogP contribution in [0.1, 0.15) is 17.2 Å². The average molecular weight is 295 g/mol. The van der Waals surface area contributed by atoms with Gasteiger partial charge < -0.3 is 0 Å². The summed E-state index contributed by atoms with van der Waals surface area (Å²) in [7, 11) is -3.32. The zero-order chi connectivity index (χ0) is 14.8. The zero-order valence-corrected chi connectivity index (χ0v) is 11.6. The molecule has 1 heterocycles. The summed E-state index contributed by atoms with van der Waals surface area (Å²) in [5.41, 5.74) is 3.66. The minimum absolute atomic E-state index is 0.180. The second kappa shape index (κ2) is 5.66. The van der Waals surface area contributed by atoms with E-state index in [2.05, 4.69) is 10.4 Å². The number of sulfone groups is 1. The first-order chi connectivity index (χ1) is 9.41. The first-order valence-corrected chi connectivity index (χ1v) is 7.67. The normalized spacial score (nSPS) is 13.2. The van der Waals surface area contributed by atoms with Gasteiger partial charge in [0.25, 0.3) is 0 Å². The van der Waals surface area contributed by atoms with Gasteiger partial charge in [-0.25, -0.2) is 18.2 Å². The second-order valence-corrected chi connectivity index (χ2v) is 6.40.